The summed E-state index contributed by atoms with van der Waals surface area (Å²) >= 11 is 0. The molecule has 51 heavy (non-hydrogen) atoms. The van der Waals surface area contributed by atoms with E-state index in [1.807, 2.05) is 0 Å². The van der Waals surface area contributed by atoms with E-state index < -0.39 is 0 Å². The van der Waals surface area contributed by atoms with Crippen molar-refractivity contribution in [2.24, 2.45) is 5.92 Å². The van der Waals surface area contributed by atoms with Gasteiger partial charge in [0.1, 0.15) is 17.2 Å². The molecule has 0 bridgehead atoms. The van der Waals surface area contributed by atoms with E-state index in [1.165, 1.54) is 43.3 Å². The van der Waals surface area contributed by atoms with E-state index in [1.54, 1.807) is 0 Å². The van der Waals surface area contributed by atoms with Gasteiger partial charge in [0.15, 0.2) is 5.82 Å². The first-order valence-corrected chi connectivity index (χ1v) is 17.9. The molecule has 0 saturated carbocycles. The minimum Gasteiger partial charge on any atom is -0.456 e. The van der Waals surface area contributed by atoms with E-state index in [2.05, 4.69) is 157 Å². The van der Waals surface area contributed by atoms with E-state index >= 15 is 0 Å². The summed E-state index contributed by atoms with van der Waals surface area (Å²) in [6.07, 6.45) is 15.2. The number of aryl methyl sites for hydroxylation is 1. The topological polar surface area (TPSA) is 43.9 Å². The third-order valence-corrected chi connectivity index (χ3v) is 11.2. The summed E-state index contributed by atoms with van der Waals surface area (Å²) in [5.41, 5.74) is 6.46. The van der Waals surface area contributed by atoms with E-state index in [0.717, 1.165) is 68.9 Å². The lowest BCUT2D eigenvalue weighted by molar-refractivity contribution is 0.598. The third-order valence-electron chi connectivity index (χ3n) is 11.2. The Hall–Kier alpha value is -6.26. The molecule has 0 fully saturated rings. The van der Waals surface area contributed by atoms with Gasteiger partial charge >= 0.3 is 0 Å². The molecule has 2 atom stereocenters. The number of furan rings is 1. The Kier molecular flexibility index (Phi) is 6.09. The van der Waals surface area contributed by atoms with Crippen LogP contribution in [-0.4, -0.2) is 14.5 Å². The van der Waals surface area contributed by atoms with Crippen LogP contribution < -0.4 is 0 Å². The van der Waals surface area contributed by atoms with E-state index in [9.17, 15) is 0 Å². The fourth-order valence-corrected chi connectivity index (χ4v) is 8.73. The highest BCUT2D eigenvalue weighted by Gasteiger charge is 2.25. The average Bonchev–Trinajstić information content (AvgIpc) is 3.74. The number of nitrogens with zero attached hydrogens (tertiary/aromatic N) is 3. The van der Waals surface area contributed by atoms with Crippen LogP contribution in [0.5, 0.6) is 0 Å². The zero-order valence-corrected chi connectivity index (χ0v) is 28.2. The summed E-state index contributed by atoms with van der Waals surface area (Å²) in [4.78, 5) is 10.8. The Morgan fingerprint density at radius 3 is 2.12 bits per heavy atom. The van der Waals surface area contributed by atoms with E-state index in [-0.39, 0.29) is 5.92 Å². The molecule has 4 heteroatoms. The van der Waals surface area contributed by atoms with Crippen LogP contribution in [0.3, 0.4) is 0 Å². The normalized spacial score (nSPS) is 17.1. The van der Waals surface area contributed by atoms with Crippen molar-refractivity contribution in [3.05, 3.63) is 157 Å². The highest BCUT2D eigenvalue weighted by atomic mass is 16.3. The van der Waals surface area contributed by atoms with Crippen LogP contribution >= 0.6 is 0 Å². The molecule has 0 aliphatic heterocycles. The number of para-hydroxylation sites is 1. The highest BCUT2D eigenvalue weighted by Crippen LogP contribution is 2.42. The van der Waals surface area contributed by atoms with Crippen molar-refractivity contribution in [3.8, 4) is 17.2 Å². The maximum Gasteiger partial charge on any atom is 0.161 e. The quantitative estimate of drug-likeness (QED) is 0.178. The minimum atomic E-state index is 0.129. The molecule has 2 aliphatic rings. The maximum atomic E-state index is 6.64. The smallest absolute Gasteiger partial charge is 0.161 e. The first-order chi connectivity index (χ1) is 25.2. The van der Waals surface area contributed by atoms with Crippen LogP contribution in [0.4, 0.5) is 0 Å². The monoisotopic (exact) mass is 655 g/mol. The minimum absolute atomic E-state index is 0.129. The molecule has 4 nitrogen and oxygen atoms in total. The van der Waals surface area contributed by atoms with Gasteiger partial charge in [0.05, 0.1) is 22.1 Å². The Labute approximate surface area is 294 Å². The van der Waals surface area contributed by atoms with Crippen molar-refractivity contribution in [2.45, 2.75) is 25.7 Å². The average molecular weight is 656 g/mol. The lowest BCUT2D eigenvalue weighted by atomic mass is 9.87. The van der Waals surface area contributed by atoms with Crippen LogP contribution in [0, 0.1) is 5.92 Å². The molecule has 2 aliphatic carbocycles. The zero-order chi connectivity index (χ0) is 33.6. The number of hydrogen-bond acceptors (Lipinski definition) is 3. The first kappa shape index (κ1) is 28.6. The van der Waals surface area contributed by atoms with Crippen LogP contribution in [0.1, 0.15) is 36.3 Å². The van der Waals surface area contributed by atoms with Crippen molar-refractivity contribution >= 4 is 71.2 Å². The van der Waals surface area contributed by atoms with Gasteiger partial charge in [0.25, 0.3) is 0 Å². The second kappa shape index (κ2) is 10.9. The van der Waals surface area contributed by atoms with Gasteiger partial charge in [-0.05, 0) is 81.4 Å². The Bertz CT molecular complexity index is 2970. The molecular weight excluding hydrogens is 623 g/mol. The molecule has 0 radical (unpaired) electrons. The zero-order valence-electron chi connectivity index (χ0n) is 28.2. The van der Waals surface area contributed by atoms with Gasteiger partial charge in [-0.25, -0.2) is 9.97 Å². The number of fused-ring (bicyclic) bond motifs is 13. The first-order valence-electron chi connectivity index (χ1n) is 17.9. The maximum absolute atomic E-state index is 6.64. The highest BCUT2D eigenvalue weighted by molar-refractivity contribution is 6.26. The summed E-state index contributed by atoms with van der Waals surface area (Å²) in [5, 5.41) is 11.0. The van der Waals surface area contributed by atoms with Gasteiger partial charge in [-0.15, -0.1) is 0 Å². The molecule has 0 spiro atoms. The number of aromatic nitrogens is 3. The molecule has 0 N–H and O–H groups in total. The third kappa shape index (κ3) is 4.20. The lowest BCUT2D eigenvalue weighted by Gasteiger charge is -2.21. The van der Waals surface area contributed by atoms with Gasteiger partial charge in [0.2, 0.25) is 0 Å². The molecule has 2 unspecified atom stereocenters. The second-order valence-electron chi connectivity index (χ2n) is 14.1. The summed E-state index contributed by atoms with van der Waals surface area (Å²) in [5.74, 6) is 3.00. The molecule has 9 aromatic rings. The summed E-state index contributed by atoms with van der Waals surface area (Å²) < 4.78 is 8.96. The lowest BCUT2D eigenvalue weighted by Crippen LogP contribution is -2.12. The fourth-order valence-electron chi connectivity index (χ4n) is 8.73. The van der Waals surface area contributed by atoms with Gasteiger partial charge in [-0.3, -0.25) is 4.57 Å². The fraction of sp³-hybridized carbons (Fsp3) is 0.106. The van der Waals surface area contributed by atoms with Crippen molar-refractivity contribution in [1.82, 2.24) is 14.5 Å². The van der Waals surface area contributed by atoms with Crippen LogP contribution in [0.25, 0.3) is 88.4 Å². The molecule has 3 aromatic heterocycles. The van der Waals surface area contributed by atoms with Crippen molar-refractivity contribution in [1.29, 1.82) is 0 Å². The van der Waals surface area contributed by atoms with Gasteiger partial charge < -0.3 is 4.42 Å². The summed E-state index contributed by atoms with van der Waals surface area (Å²) in [6.45, 7) is 2.27. The number of hydrogen-bond donors (Lipinski definition) is 0. The van der Waals surface area contributed by atoms with Gasteiger partial charge in [-0.2, -0.15) is 0 Å². The Morgan fingerprint density at radius 1 is 0.647 bits per heavy atom. The van der Waals surface area contributed by atoms with Crippen molar-refractivity contribution < 1.29 is 4.42 Å². The van der Waals surface area contributed by atoms with Crippen LogP contribution in [0.15, 0.2) is 144 Å². The molecule has 242 valence electrons. The summed E-state index contributed by atoms with van der Waals surface area (Å²) in [7, 11) is 0. The largest absolute Gasteiger partial charge is 0.456 e. The Balaban J connectivity index is 1.20. The predicted octanol–water partition coefficient (Wildman–Crippen LogP) is 12.3. The standard InChI is InChI=1S/C47H33N3O/c1-28-12-2-3-13-30(28)40-27-44(50-41-20-10-8-19-38(41)45-42(50)25-24-37-36-18-9-11-21-43(36)51-46(37)45)49-47(48-40)29-22-23-35-33-16-5-4-14-31(33)32-15-6-7-17-34(32)39(35)26-29/h2-8,10-17,19-28,30H,9,18H2,1H3. The Morgan fingerprint density at radius 2 is 1.33 bits per heavy atom. The van der Waals surface area contributed by atoms with E-state index in [0.29, 0.717) is 5.92 Å². The number of rotatable bonds is 3. The van der Waals surface area contributed by atoms with Crippen molar-refractivity contribution in [3.63, 3.8) is 0 Å². The van der Waals surface area contributed by atoms with Crippen LogP contribution in [-0.2, 0) is 6.42 Å². The second-order valence-corrected chi connectivity index (χ2v) is 14.1. The molecule has 0 amide bonds. The molecular formula is C47H33N3O. The molecule has 0 saturated heterocycles. The SMILES string of the molecule is CC1C=CC=CC1c1cc(-n2c3ccccc3c3c4oc5c(c4ccc32)CCC=C5)nc(-c2ccc3c4ccccc4c4ccccc4c3c2)n1. The van der Waals surface area contributed by atoms with Gasteiger partial charge in [-0.1, -0.05) is 116 Å². The van der Waals surface area contributed by atoms with Crippen LogP contribution in [0.2, 0.25) is 0 Å². The molecule has 11 rings (SSSR count). The predicted molar refractivity (Wildman–Crippen MR) is 212 cm³/mol. The number of allylic oxidation sites excluding steroid dienone is 5. The van der Waals surface area contributed by atoms with E-state index in [4.69, 9.17) is 14.4 Å². The van der Waals surface area contributed by atoms with Gasteiger partial charge in [0, 0.05) is 33.9 Å². The summed E-state index contributed by atoms with van der Waals surface area (Å²) in [6, 6.07) is 39.5. The molecule has 6 aromatic carbocycles. The molecule has 3 heterocycles. The number of benzene rings is 6. The van der Waals surface area contributed by atoms with Crippen molar-refractivity contribution in [2.75, 3.05) is 0 Å².